The fraction of sp³-hybridized carbons (Fsp3) is 0.667. The molecule has 1 fully saturated rings. The Morgan fingerprint density at radius 1 is 1.26 bits per heavy atom. The van der Waals surface area contributed by atoms with Crippen molar-refractivity contribution in [3.8, 4) is 0 Å². The number of pyridine rings is 1. The van der Waals surface area contributed by atoms with Gasteiger partial charge in [0.15, 0.2) is 0 Å². The van der Waals surface area contributed by atoms with E-state index in [9.17, 15) is 4.79 Å². The van der Waals surface area contributed by atoms with Gasteiger partial charge in [-0.15, -0.1) is 0 Å². The topological polar surface area (TPSA) is 57.3 Å². The van der Waals surface area contributed by atoms with Crippen LogP contribution in [0.4, 0.5) is 5.82 Å². The summed E-state index contributed by atoms with van der Waals surface area (Å²) >= 11 is 0. The second kappa shape index (κ2) is 9.50. The lowest BCUT2D eigenvalue weighted by molar-refractivity contribution is 0.0952. The monoisotopic (exact) mass is 318 g/mol. The summed E-state index contributed by atoms with van der Waals surface area (Å²) in [6.45, 7) is 1.68. The summed E-state index contributed by atoms with van der Waals surface area (Å²) in [5.41, 5.74) is 0.681. The molecular weight excluding hydrogens is 288 g/mol. The number of hydrogen-bond donors (Lipinski definition) is 2. The normalized spacial score (nSPS) is 16.1. The average Bonchev–Trinajstić information content (AvgIpc) is 2.80. The van der Waals surface area contributed by atoms with Crippen molar-refractivity contribution in [2.45, 2.75) is 51.0 Å². The Morgan fingerprint density at radius 2 is 2.00 bits per heavy atom. The molecule has 0 bridgehead atoms. The van der Waals surface area contributed by atoms with Gasteiger partial charge in [-0.3, -0.25) is 4.79 Å². The Kier molecular flexibility index (Phi) is 7.33. The molecule has 1 aliphatic rings. The van der Waals surface area contributed by atoms with Crippen molar-refractivity contribution in [2.75, 3.05) is 32.5 Å². The maximum absolute atomic E-state index is 12.2. The third-order valence-corrected chi connectivity index (χ3v) is 4.30. The van der Waals surface area contributed by atoms with E-state index in [0.29, 0.717) is 18.2 Å². The first-order valence-electron chi connectivity index (χ1n) is 8.80. The van der Waals surface area contributed by atoms with Gasteiger partial charge < -0.3 is 15.5 Å². The SMILES string of the molecule is CN(C)CCCNC(=O)c1ccnc(NC2CCCCCC2)c1. The minimum atomic E-state index is -0.0185. The Bertz CT molecular complexity index is 482. The van der Waals surface area contributed by atoms with Crippen LogP contribution in [0, 0.1) is 0 Å². The van der Waals surface area contributed by atoms with E-state index < -0.39 is 0 Å². The van der Waals surface area contributed by atoms with Gasteiger partial charge in [0.25, 0.3) is 5.91 Å². The van der Waals surface area contributed by atoms with Crippen LogP contribution < -0.4 is 10.6 Å². The Morgan fingerprint density at radius 3 is 2.70 bits per heavy atom. The minimum Gasteiger partial charge on any atom is -0.367 e. The maximum Gasteiger partial charge on any atom is 0.251 e. The van der Waals surface area contributed by atoms with Crippen molar-refractivity contribution in [3.05, 3.63) is 23.9 Å². The van der Waals surface area contributed by atoms with Crippen LogP contribution >= 0.6 is 0 Å². The average molecular weight is 318 g/mol. The molecule has 0 radical (unpaired) electrons. The van der Waals surface area contributed by atoms with E-state index in [4.69, 9.17) is 0 Å². The summed E-state index contributed by atoms with van der Waals surface area (Å²) in [5.74, 6) is 0.799. The van der Waals surface area contributed by atoms with Gasteiger partial charge in [-0.1, -0.05) is 25.7 Å². The summed E-state index contributed by atoms with van der Waals surface area (Å²) < 4.78 is 0. The van der Waals surface area contributed by atoms with Crippen LogP contribution in [0.15, 0.2) is 18.3 Å². The molecule has 5 heteroatoms. The number of nitrogens with zero attached hydrogens (tertiary/aromatic N) is 2. The van der Waals surface area contributed by atoms with Crippen LogP contribution in [0.3, 0.4) is 0 Å². The first-order chi connectivity index (χ1) is 11.1. The molecule has 0 unspecified atom stereocenters. The molecule has 23 heavy (non-hydrogen) atoms. The van der Waals surface area contributed by atoms with Gasteiger partial charge in [-0.25, -0.2) is 4.98 Å². The zero-order valence-electron chi connectivity index (χ0n) is 14.5. The molecule has 128 valence electrons. The molecule has 0 aromatic carbocycles. The van der Waals surface area contributed by atoms with E-state index in [1.807, 2.05) is 20.2 Å². The Hall–Kier alpha value is -1.62. The highest BCUT2D eigenvalue weighted by atomic mass is 16.1. The van der Waals surface area contributed by atoms with Gasteiger partial charge in [-0.2, -0.15) is 0 Å². The van der Waals surface area contributed by atoms with Crippen molar-refractivity contribution < 1.29 is 4.79 Å². The quantitative estimate of drug-likeness (QED) is 0.599. The van der Waals surface area contributed by atoms with Gasteiger partial charge in [0.1, 0.15) is 5.82 Å². The van der Waals surface area contributed by atoms with Crippen LogP contribution in [-0.2, 0) is 0 Å². The summed E-state index contributed by atoms with van der Waals surface area (Å²) in [6, 6.07) is 4.13. The smallest absolute Gasteiger partial charge is 0.251 e. The lowest BCUT2D eigenvalue weighted by atomic mass is 10.1. The fourth-order valence-electron chi connectivity index (χ4n) is 2.98. The fourth-order valence-corrected chi connectivity index (χ4v) is 2.98. The summed E-state index contributed by atoms with van der Waals surface area (Å²) in [6.07, 6.45) is 10.3. The molecule has 0 atom stereocenters. The number of carbonyl (C=O) groups is 1. The van der Waals surface area contributed by atoms with Gasteiger partial charge in [-0.05, 0) is 52.0 Å². The highest BCUT2D eigenvalue weighted by Crippen LogP contribution is 2.20. The van der Waals surface area contributed by atoms with E-state index in [1.165, 1.54) is 38.5 Å². The van der Waals surface area contributed by atoms with Gasteiger partial charge in [0.2, 0.25) is 0 Å². The van der Waals surface area contributed by atoms with Crippen LogP contribution in [0.25, 0.3) is 0 Å². The third kappa shape index (κ3) is 6.57. The van der Waals surface area contributed by atoms with Crippen LogP contribution in [-0.4, -0.2) is 49.0 Å². The van der Waals surface area contributed by atoms with E-state index in [2.05, 4.69) is 20.5 Å². The molecule has 5 nitrogen and oxygen atoms in total. The molecule has 2 rings (SSSR count). The molecule has 2 N–H and O–H groups in total. The van der Waals surface area contributed by atoms with Gasteiger partial charge in [0.05, 0.1) is 0 Å². The highest BCUT2D eigenvalue weighted by Gasteiger charge is 2.13. The molecule has 1 heterocycles. The van der Waals surface area contributed by atoms with Crippen molar-refractivity contribution in [2.24, 2.45) is 0 Å². The van der Waals surface area contributed by atoms with Gasteiger partial charge >= 0.3 is 0 Å². The molecule has 0 spiro atoms. The van der Waals surface area contributed by atoms with Crippen LogP contribution in [0.2, 0.25) is 0 Å². The van der Waals surface area contributed by atoms with Crippen molar-refractivity contribution >= 4 is 11.7 Å². The number of nitrogens with one attached hydrogen (secondary N) is 2. The summed E-state index contributed by atoms with van der Waals surface area (Å²) in [7, 11) is 4.08. The molecule has 1 aromatic heterocycles. The van der Waals surface area contributed by atoms with E-state index in [1.54, 1.807) is 12.3 Å². The van der Waals surface area contributed by atoms with Crippen LogP contribution in [0.1, 0.15) is 55.3 Å². The predicted octanol–water partition coefficient (Wildman–Crippen LogP) is 2.90. The molecule has 1 saturated carbocycles. The molecule has 1 aromatic rings. The molecular formula is C18H30N4O. The Balaban J connectivity index is 1.84. The Labute approximate surface area is 139 Å². The number of anilines is 1. The number of hydrogen-bond acceptors (Lipinski definition) is 4. The zero-order chi connectivity index (χ0) is 16.5. The lowest BCUT2D eigenvalue weighted by Gasteiger charge is -2.17. The third-order valence-electron chi connectivity index (χ3n) is 4.30. The summed E-state index contributed by atoms with van der Waals surface area (Å²) in [4.78, 5) is 18.7. The maximum atomic E-state index is 12.2. The van der Waals surface area contributed by atoms with Crippen molar-refractivity contribution in [3.63, 3.8) is 0 Å². The number of carbonyl (C=O) groups excluding carboxylic acids is 1. The number of rotatable bonds is 7. The molecule has 1 amide bonds. The van der Waals surface area contributed by atoms with E-state index in [0.717, 1.165) is 18.8 Å². The molecule has 0 saturated heterocycles. The summed E-state index contributed by atoms with van der Waals surface area (Å²) in [5, 5.41) is 6.47. The van der Waals surface area contributed by atoms with Gasteiger partial charge in [0, 0.05) is 24.3 Å². The second-order valence-corrected chi connectivity index (χ2v) is 6.68. The molecule has 0 aliphatic heterocycles. The van der Waals surface area contributed by atoms with Crippen molar-refractivity contribution in [1.82, 2.24) is 15.2 Å². The van der Waals surface area contributed by atoms with Crippen molar-refractivity contribution in [1.29, 1.82) is 0 Å². The largest absolute Gasteiger partial charge is 0.367 e. The standard InChI is InChI=1S/C18H30N4O/c1-22(2)13-7-11-20-18(23)15-10-12-19-17(14-15)21-16-8-5-3-4-6-9-16/h10,12,14,16H,3-9,11,13H2,1-2H3,(H,19,21)(H,20,23). The molecule has 1 aliphatic carbocycles. The number of aromatic nitrogens is 1. The van der Waals surface area contributed by atoms with Crippen LogP contribution in [0.5, 0.6) is 0 Å². The first-order valence-corrected chi connectivity index (χ1v) is 8.80. The lowest BCUT2D eigenvalue weighted by Crippen LogP contribution is -2.27. The zero-order valence-corrected chi connectivity index (χ0v) is 14.5. The number of amides is 1. The van der Waals surface area contributed by atoms with E-state index in [-0.39, 0.29) is 5.91 Å². The predicted molar refractivity (Wildman–Crippen MR) is 94.9 cm³/mol. The highest BCUT2D eigenvalue weighted by molar-refractivity contribution is 5.94. The first kappa shape index (κ1) is 17.7. The van der Waals surface area contributed by atoms with E-state index >= 15 is 0 Å². The second-order valence-electron chi connectivity index (χ2n) is 6.68. The minimum absolute atomic E-state index is 0.0185.